The van der Waals surface area contributed by atoms with E-state index in [4.69, 9.17) is 0 Å². The first-order valence-electron chi connectivity index (χ1n) is 8.03. The van der Waals surface area contributed by atoms with Crippen LogP contribution in [0.1, 0.15) is 51.2 Å². The predicted molar refractivity (Wildman–Crippen MR) is 85.8 cm³/mol. The molecule has 2 heterocycles. The fourth-order valence-corrected chi connectivity index (χ4v) is 3.09. The van der Waals surface area contributed by atoms with Gasteiger partial charge in [-0.1, -0.05) is 13.8 Å². The van der Waals surface area contributed by atoms with E-state index in [1.807, 2.05) is 32.6 Å². The molecule has 23 heavy (non-hydrogen) atoms. The average Bonchev–Trinajstić information content (AvgIpc) is 3.09. The highest BCUT2D eigenvalue weighted by Gasteiger charge is 2.40. The van der Waals surface area contributed by atoms with Crippen LogP contribution in [0.5, 0.6) is 0 Å². The zero-order chi connectivity index (χ0) is 17.1. The second-order valence-electron chi connectivity index (χ2n) is 6.50. The Morgan fingerprint density at radius 2 is 2.13 bits per heavy atom. The van der Waals surface area contributed by atoms with E-state index in [-0.39, 0.29) is 23.9 Å². The number of hydrogen-bond donors (Lipinski definition) is 2. The minimum atomic E-state index is -0.610. The van der Waals surface area contributed by atoms with Gasteiger partial charge < -0.3 is 19.9 Å². The van der Waals surface area contributed by atoms with E-state index in [1.165, 1.54) is 7.11 Å². The van der Waals surface area contributed by atoms with Crippen molar-refractivity contribution in [2.45, 2.75) is 58.7 Å². The van der Waals surface area contributed by atoms with Gasteiger partial charge in [0, 0.05) is 17.9 Å². The van der Waals surface area contributed by atoms with Crippen LogP contribution in [0, 0.1) is 12.8 Å². The van der Waals surface area contributed by atoms with E-state index < -0.39 is 12.1 Å². The summed E-state index contributed by atoms with van der Waals surface area (Å²) in [4.78, 5) is 34.1. The molecule has 2 rings (SSSR count). The van der Waals surface area contributed by atoms with E-state index in [2.05, 4.69) is 20.0 Å². The molecule has 1 aromatic rings. The van der Waals surface area contributed by atoms with Gasteiger partial charge in [0.05, 0.1) is 13.2 Å². The van der Waals surface area contributed by atoms with E-state index in [9.17, 15) is 9.59 Å². The highest BCUT2D eigenvalue weighted by Crippen LogP contribution is 2.35. The first kappa shape index (κ1) is 17.3. The molecule has 2 amide bonds. The largest absolute Gasteiger partial charge is 0.453 e. The molecule has 0 aromatic carbocycles. The molecule has 1 aliphatic rings. The van der Waals surface area contributed by atoms with Gasteiger partial charge in [-0.2, -0.15) is 0 Å². The lowest BCUT2D eigenvalue weighted by atomic mass is 10.0. The Labute approximate surface area is 136 Å². The Bertz CT molecular complexity index is 569. The van der Waals surface area contributed by atoms with Gasteiger partial charge in [0.1, 0.15) is 11.9 Å². The van der Waals surface area contributed by atoms with Crippen LogP contribution in [0.4, 0.5) is 4.79 Å². The third-order valence-electron chi connectivity index (χ3n) is 4.35. The van der Waals surface area contributed by atoms with Crippen LogP contribution in [-0.4, -0.2) is 46.1 Å². The van der Waals surface area contributed by atoms with Crippen molar-refractivity contribution < 1.29 is 14.3 Å². The van der Waals surface area contributed by atoms with Crippen molar-refractivity contribution in [2.24, 2.45) is 5.92 Å². The van der Waals surface area contributed by atoms with Crippen molar-refractivity contribution in [3.63, 3.8) is 0 Å². The molecule has 1 aromatic heterocycles. The number of hydrogen-bond acceptors (Lipinski definition) is 4. The zero-order valence-corrected chi connectivity index (χ0v) is 14.4. The predicted octanol–water partition coefficient (Wildman–Crippen LogP) is 2.15. The Balaban J connectivity index is 2.24. The van der Waals surface area contributed by atoms with Crippen LogP contribution < -0.4 is 5.32 Å². The number of carbonyl (C=O) groups is 2. The summed E-state index contributed by atoms with van der Waals surface area (Å²) in [5.41, 5.74) is 0.972. The van der Waals surface area contributed by atoms with Gasteiger partial charge in [-0.25, -0.2) is 9.78 Å². The number of nitrogens with one attached hydrogen (secondary N) is 2. The second kappa shape index (κ2) is 7.02. The van der Waals surface area contributed by atoms with E-state index in [1.54, 1.807) is 6.20 Å². The van der Waals surface area contributed by atoms with Crippen LogP contribution in [0.15, 0.2) is 6.20 Å². The molecule has 0 aliphatic carbocycles. The number of nitrogens with zero attached hydrogens (tertiary/aromatic N) is 2. The van der Waals surface area contributed by atoms with Crippen molar-refractivity contribution >= 4 is 12.0 Å². The Hall–Kier alpha value is -2.05. The lowest BCUT2D eigenvalue weighted by Gasteiger charge is -2.32. The van der Waals surface area contributed by atoms with Crippen LogP contribution in [-0.2, 0) is 9.53 Å². The first-order chi connectivity index (χ1) is 10.8. The number of ether oxygens (including phenoxy) is 1. The maximum Gasteiger partial charge on any atom is 0.407 e. The maximum absolute atomic E-state index is 13.1. The van der Waals surface area contributed by atoms with Gasteiger partial charge in [0.2, 0.25) is 5.91 Å². The number of H-pyrrole nitrogens is 1. The molecular weight excluding hydrogens is 296 g/mol. The molecule has 3 unspecified atom stereocenters. The van der Waals surface area contributed by atoms with Crippen molar-refractivity contribution in [2.75, 3.05) is 7.11 Å². The van der Waals surface area contributed by atoms with Crippen molar-refractivity contribution in [3.8, 4) is 0 Å². The standard InChI is InChI=1S/C16H26N4O3/c1-9(2)13(19-16(22)23-5)15(21)20-11(4)6-7-12(20)14-17-8-10(3)18-14/h8-9,11-13H,6-7H2,1-5H3,(H,17,18)(H,19,22). The third-order valence-corrected chi connectivity index (χ3v) is 4.35. The second-order valence-corrected chi connectivity index (χ2v) is 6.50. The van der Waals surface area contributed by atoms with Gasteiger partial charge in [0.15, 0.2) is 0 Å². The monoisotopic (exact) mass is 322 g/mol. The molecule has 0 bridgehead atoms. The fraction of sp³-hybridized carbons (Fsp3) is 0.688. The fourth-order valence-electron chi connectivity index (χ4n) is 3.09. The topological polar surface area (TPSA) is 87.3 Å². The number of imidazole rings is 1. The normalized spacial score (nSPS) is 22.3. The molecule has 128 valence electrons. The molecule has 3 atom stereocenters. The molecule has 0 radical (unpaired) electrons. The van der Waals surface area contributed by atoms with Crippen LogP contribution in [0.3, 0.4) is 0 Å². The first-order valence-corrected chi connectivity index (χ1v) is 8.03. The maximum atomic E-state index is 13.1. The molecule has 7 heteroatoms. The van der Waals surface area contributed by atoms with Crippen LogP contribution >= 0.6 is 0 Å². The highest BCUT2D eigenvalue weighted by atomic mass is 16.5. The highest BCUT2D eigenvalue weighted by molar-refractivity contribution is 5.86. The summed E-state index contributed by atoms with van der Waals surface area (Å²) in [5.74, 6) is 0.684. The molecule has 1 fully saturated rings. The lowest BCUT2D eigenvalue weighted by Crippen LogP contribution is -2.52. The number of likely N-dealkylation sites (tertiary alicyclic amines) is 1. The smallest absolute Gasteiger partial charge is 0.407 e. The number of rotatable bonds is 4. The summed E-state index contributed by atoms with van der Waals surface area (Å²) >= 11 is 0. The number of aromatic nitrogens is 2. The molecule has 2 N–H and O–H groups in total. The summed E-state index contributed by atoms with van der Waals surface area (Å²) in [7, 11) is 1.30. The van der Waals surface area contributed by atoms with Gasteiger partial charge in [-0.15, -0.1) is 0 Å². The molecule has 7 nitrogen and oxygen atoms in total. The quantitative estimate of drug-likeness (QED) is 0.889. The number of aromatic amines is 1. The molecule has 1 saturated heterocycles. The van der Waals surface area contributed by atoms with Crippen LogP contribution in [0.2, 0.25) is 0 Å². The summed E-state index contributed by atoms with van der Waals surface area (Å²) in [6, 6.07) is -0.577. The minimum Gasteiger partial charge on any atom is -0.453 e. The number of aryl methyl sites for hydroxylation is 1. The summed E-state index contributed by atoms with van der Waals surface area (Å²) in [5, 5.41) is 2.66. The van der Waals surface area contributed by atoms with E-state index in [0.717, 1.165) is 24.4 Å². The molecular formula is C16H26N4O3. The summed E-state index contributed by atoms with van der Waals surface area (Å²) in [6.07, 6.45) is 2.96. The van der Waals surface area contributed by atoms with Gasteiger partial charge in [0.25, 0.3) is 0 Å². The van der Waals surface area contributed by atoms with Crippen molar-refractivity contribution in [1.82, 2.24) is 20.2 Å². The zero-order valence-electron chi connectivity index (χ0n) is 14.4. The minimum absolute atomic E-state index is 0.0339. The Morgan fingerprint density at radius 3 is 2.65 bits per heavy atom. The van der Waals surface area contributed by atoms with Crippen molar-refractivity contribution in [1.29, 1.82) is 0 Å². The molecule has 1 aliphatic heterocycles. The van der Waals surface area contributed by atoms with Crippen LogP contribution in [0.25, 0.3) is 0 Å². The van der Waals surface area contributed by atoms with Crippen molar-refractivity contribution in [3.05, 3.63) is 17.7 Å². The Kier molecular flexibility index (Phi) is 5.28. The van der Waals surface area contributed by atoms with E-state index in [0.29, 0.717) is 0 Å². The number of alkyl carbamates (subject to hydrolysis) is 1. The molecule has 0 spiro atoms. The number of amides is 2. The van der Waals surface area contributed by atoms with Gasteiger partial charge in [-0.05, 0) is 32.6 Å². The average molecular weight is 322 g/mol. The number of carbonyl (C=O) groups excluding carboxylic acids is 2. The summed E-state index contributed by atoms with van der Waals surface area (Å²) in [6.45, 7) is 7.79. The lowest BCUT2D eigenvalue weighted by molar-refractivity contribution is -0.137. The third kappa shape index (κ3) is 3.65. The van der Waals surface area contributed by atoms with Gasteiger partial charge in [-0.3, -0.25) is 4.79 Å². The molecule has 0 saturated carbocycles. The van der Waals surface area contributed by atoms with E-state index >= 15 is 0 Å². The Morgan fingerprint density at radius 1 is 1.43 bits per heavy atom. The van der Waals surface area contributed by atoms with Gasteiger partial charge >= 0.3 is 6.09 Å². The SMILES string of the molecule is COC(=O)NC(C(=O)N1C(C)CCC1c1ncc(C)[nH]1)C(C)C. The number of methoxy groups -OCH3 is 1. The summed E-state index contributed by atoms with van der Waals surface area (Å²) < 4.78 is 4.65.